The highest BCUT2D eigenvalue weighted by atomic mass is 79.9. The Balaban J connectivity index is 1.88. The zero-order chi connectivity index (χ0) is 23.3. The maximum absolute atomic E-state index is 13.1. The summed E-state index contributed by atoms with van der Waals surface area (Å²) in [5.74, 6) is 0.583. The van der Waals surface area contributed by atoms with Crippen molar-refractivity contribution >= 4 is 67.9 Å². The van der Waals surface area contributed by atoms with Crippen LogP contribution in [0.4, 0.5) is 5.69 Å². The summed E-state index contributed by atoms with van der Waals surface area (Å²) in [5.41, 5.74) is 1.28. The lowest BCUT2D eigenvalue weighted by atomic mass is 10.1. The fourth-order valence-electron chi connectivity index (χ4n) is 2.94. The second kappa shape index (κ2) is 10.8. The Hall–Kier alpha value is -2.56. The van der Waals surface area contributed by atoms with Crippen molar-refractivity contribution in [3.8, 4) is 17.2 Å². The van der Waals surface area contributed by atoms with E-state index in [-0.39, 0.29) is 19.1 Å². The third-order valence-corrected chi connectivity index (χ3v) is 6.20. The van der Waals surface area contributed by atoms with E-state index < -0.39 is 5.97 Å². The van der Waals surface area contributed by atoms with E-state index in [4.69, 9.17) is 31.2 Å². The number of rotatable bonds is 8. The summed E-state index contributed by atoms with van der Waals surface area (Å²) in [4.78, 5) is 26.6. The second-order valence-corrected chi connectivity index (χ2v) is 8.85. The van der Waals surface area contributed by atoms with E-state index in [1.165, 1.54) is 23.8 Å². The number of anilines is 1. The molecule has 3 rings (SSSR count). The Kier molecular flexibility index (Phi) is 8.16. The number of benzene rings is 2. The average molecular weight is 538 g/mol. The highest BCUT2D eigenvalue weighted by molar-refractivity contribution is 9.10. The number of nitrogens with zero attached hydrogens (tertiary/aromatic N) is 1. The van der Waals surface area contributed by atoms with Crippen LogP contribution in [0.25, 0.3) is 6.08 Å². The lowest BCUT2D eigenvalue weighted by Crippen LogP contribution is -2.27. The first-order chi connectivity index (χ1) is 15.4. The molecule has 0 unspecified atom stereocenters. The molecule has 32 heavy (non-hydrogen) atoms. The molecular weight excluding hydrogens is 518 g/mol. The summed E-state index contributed by atoms with van der Waals surface area (Å²) < 4.78 is 22.2. The van der Waals surface area contributed by atoms with Gasteiger partial charge < -0.3 is 18.9 Å². The van der Waals surface area contributed by atoms with E-state index in [1.54, 1.807) is 44.4 Å². The highest BCUT2D eigenvalue weighted by Crippen LogP contribution is 2.41. The lowest BCUT2D eigenvalue weighted by Gasteiger charge is -2.17. The van der Waals surface area contributed by atoms with Crippen molar-refractivity contribution in [2.45, 2.75) is 6.92 Å². The fraction of sp³-hybridized carbons (Fsp3) is 0.227. The summed E-state index contributed by atoms with van der Waals surface area (Å²) in [6, 6.07) is 10.7. The van der Waals surface area contributed by atoms with Crippen LogP contribution in [0.2, 0.25) is 0 Å². The molecule has 0 atom stereocenters. The number of hydrogen-bond acceptors (Lipinski definition) is 8. The Bertz CT molecular complexity index is 1090. The van der Waals surface area contributed by atoms with E-state index in [9.17, 15) is 9.59 Å². The number of halogens is 1. The molecule has 7 nitrogen and oxygen atoms in total. The highest BCUT2D eigenvalue weighted by Gasteiger charge is 2.35. The minimum Gasteiger partial charge on any atom is -0.495 e. The number of thioether (sulfide) groups is 1. The number of esters is 1. The van der Waals surface area contributed by atoms with Gasteiger partial charge in [-0.05, 0) is 58.8 Å². The quantitative estimate of drug-likeness (QED) is 0.269. The second-order valence-electron chi connectivity index (χ2n) is 6.32. The lowest BCUT2D eigenvalue weighted by molar-refractivity contribution is -0.145. The molecule has 2 aromatic carbocycles. The minimum absolute atomic E-state index is 0.248. The molecule has 1 amide bonds. The van der Waals surface area contributed by atoms with Gasteiger partial charge >= 0.3 is 5.97 Å². The van der Waals surface area contributed by atoms with E-state index in [0.29, 0.717) is 42.2 Å². The van der Waals surface area contributed by atoms with Crippen molar-refractivity contribution in [3.63, 3.8) is 0 Å². The van der Waals surface area contributed by atoms with Crippen LogP contribution >= 0.6 is 39.9 Å². The number of hydrogen-bond donors (Lipinski definition) is 0. The molecule has 0 N–H and O–H groups in total. The zero-order valence-electron chi connectivity index (χ0n) is 17.5. The minimum atomic E-state index is -0.481. The molecule has 0 aliphatic carbocycles. The monoisotopic (exact) mass is 537 g/mol. The molecular formula is C22H20BrNO6S2. The summed E-state index contributed by atoms with van der Waals surface area (Å²) in [7, 11) is 3.03. The maximum atomic E-state index is 13.1. The van der Waals surface area contributed by atoms with Crippen molar-refractivity contribution in [1.29, 1.82) is 0 Å². The van der Waals surface area contributed by atoms with Crippen LogP contribution in [0.3, 0.4) is 0 Å². The van der Waals surface area contributed by atoms with Crippen LogP contribution in [-0.4, -0.2) is 43.6 Å². The zero-order valence-corrected chi connectivity index (χ0v) is 20.8. The number of para-hydroxylation sites is 2. The van der Waals surface area contributed by atoms with Crippen molar-refractivity contribution in [2.75, 3.05) is 32.3 Å². The number of carbonyl (C=O) groups excluding carboxylic acids is 2. The first kappa shape index (κ1) is 24.1. The molecule has 1 aliphatic heterocycles. The molecule has 0 aromatic heterocycles. The fourth-order valence-corrected chi connectivity index (χ4v) is 4.80. The van der Waals surface area contributed by atoms with Crippen molar-refractivity contribution in [1.82, 2.24) is 0 Å². The molecule has 0 spiro atoms. The number of amides is 1. The Morgan fingerprint density at radius 3 is 2.59 bits per heavy atom. The van der Waals surface area contributed by atoms with Crippen molar-refractivity contribution < 1.29 is 28.5 Å². The average Bonchev–Trinajstić information content (AvgIpc) is 3.05. The Morgan fingerprint density at radius 1 is 1.19 bits per heavy atom. The van der Waals surface area contributed by atoms with Crippen LogP contribution < -0.4 is 19.1 Å². The van der Waals surface area contributed by atoms with Gasteiger partial charge in [0.1, 0.15) is 5.75 Å². The van der Waals surface area contributed by atoms with E-state index in [2.05, 4.69) is 15.9 Å². The van der Waals surface area contributed by atoms with Gasteiger partial charge in [0.15, 0.2) is 22.4 Å². The molecule has 1 saturated heterocycles. The predicted octanol–water partition coefficient (Wildman–Crippen LogP) is 4.81. The molecule has 1 fully saturated rings. The molecule has 168 valence electrons. The molecule has 0 saturated carbocycles. The van der Waals surface area contributed by atoms with Gasteiger partial charge in [-0.3, -0.25) is 9.69 Å². The van der Waals surface area contributed by atoms with Crippen molar-refractivity contribution in [3.05, 3.63) is 51.3 Å². The Morgan fingerprint density at radius 2 is 1.91 bits per heavy atom. The largest absolute Gasteiger partial charge is 0.495 e. The summed E-state index contributed by atoms with van der Waals surface area (Å²) in [6.07, 6.45) is 1.72. The van der Waals surface area contributed by atoms with Gasteiger partial charge in [0.25, 0.3) is 5.91 Å². The van der Waals surface area contributed by atoms with Crippen LogP contribution in [0.1, 0.15) is 12.5 Å². The summed E-state index contributed by atoms with van der Waals surface area (Å²) in [6.45, 7) is 1.74. The number of carbonyl (C=O) groups is 2. The summed E-state index contributed by atoms with van der Waals surface area (Å²) >= 11 is 10.1. The molecule has 1 heterocycles. The van der Waals surface area contributed by atoms with Crippen molar-refractivity contribution in [2.24, 2.45) is 0 Å². The third-order valence-electron chi connectivity index (χ3n) is 4.31. The van der Waals surface area contributed by atoms with Gasteiger partial charge in [-0.1, -0.05) is 36.1 Å². The SMILES string of the molecule is CCOC(=O)COc1c(Br)cc(/C=C2\SC(=S)N(c3ccccc3OC)C2=O)cc1OC. The maximum Gasteiger partial charge on any atom is 0.344 e. The van der Waals surface area contributed by atoms with E-state index in [1.807, 2.05) is 12.1 Å². The van der Waals surface area contributed by atoms with Gasteiger partial charge in [0.2, 0.25) is 0 Å². The standard InChI is InChI=1S/C22H20BrNO6S2/c1-4-29-19(25)12-30-20-14(23)9-13(10-17(20)28-3)11-18-21(26)24(22(31)32-18)15-7-5-6-8-16(15)27-2/h5-11H,4,12H2,1-3H3/b18-11-. The molecule has 1 aliphatic rings. The van der Waals surface area contributed by atoms with Gasteiger partial charge in [-0.25, -0.2) is 4.79 Å². The molecule has 10 heteroatoms. The van der Waals surface area contributed by atoms with Crippen LogP contribution in [-0.2, 0) is 14.3 Å². The van der Waals surface area contributed by atoms with Crippen LogP contribution in [0.5, 0.6) is 17.2 Å². The van der Waals surface area contributed by atoms with E-state index >= 15 is 0 Å². The Labute approximate surface area is 203 Å². The predicted molar refractivity (Wildman–Crippen MR) is 131 cm³/mol. The molecule has 0 bridgehead atoms. The number of methoxy groups -OCH3 is 2. The van der Waals surface area contributed by atoms with Crippen LogP contribution in [0.15, 0.2) is 45.8 Å². The number of ether oxygens (including phenoxy) is 4. The first-order valence-electron chi connectivity index (χ1n) is 9.46. The van der Waals surface area contributed by atoms with Gasteiger partial charge in [0, 0.05) is 0 Å². The van der Waals surface area contributed by atoms with Crippen LogP contribution in [0, 0.1) is 0 Å². The van der Waals surface area contributed by atoms with Gasteiger partial charge in [-0.2, -0.15) is 0 Å². The third kappa shape index (κ3) is 5.25. The topological polar surface area (TPSA) is 74.3 Å². The summed E-state index contributed by atoms with van der Waals surface area (Å²) in [5, 5.41) is 0. The molecule has 2 aromatic rings. The normalized spacial score (nSPS) is 14.6. The number of thiocarbonyl (C=S) groups is 1. The smallest absolute Gasteiger partial charge is 0.344 e. The molecule has 0 radical (unpaired) electrons. The van der Waals surface area contributed by atoms with Gasteiger partial charge in [-0.15, -0.1) is 0 Å². The van der Waals surface area contributed by atoms with E-state index in [0.717, 1.165) is 0 Å². The van der Waals surface area contributed by atoms with Gasteiger partial charge in [0.05, 0.1) is 35.9 Å². The first-order valence-corrected chi connectivity index (χ1v) is 11.5.